The molecule has 0 aliphatic carbocycles. The van der Waals surface area contributed by atoms with Crippen LogP contribution in [-0.2, 0) is 4.74 Å². The standard InChI is InChI=1S/C16H34O/c1-9-11-13(3)15(5,6)17-16(7,8)14(4)12-10-2/h13-14H,9-12H2,1-8H3. The lowest BCUT2D eigenvalue weighted by Crippen LogP contribution is -2.44. The molecule has 2 unspecified atom stereocenters. The van der Waals surface area contributed by atoms with Gasteiger partial charge in [-0.25, -0.2) is 0 Å². The monoisotopic (exact) mass is 242 g/mol. The number of hydrogen-bond donors (Lipinski definition) is 0. The third-order valence-electron chi connectivity index (χ3n) is 4.34. The summed E-state index contributed by atoms with van der Waals surface area (Å²) in [5.74, 6) is 1.22. The molecule has 0 amide bonds. The molecule has 0 bridgehead atoms. The minimum absolute atomic E-state index is 0.0263. The molecular formula is C16H34O. The van der Waals surface area contributed by atoms with Crippen molar-refractivity contribution in [2.24, 2.45) is 11.8 Å². The van der Waals surface area contributed by atoms with Crippen molar-refractivity contribution in [3.63, 3.8) is 0 Å². The van der Waals surface area contributed by atoms with Crippen molar-refractivity contribution in [1.29, 1.82) is 0 Å². The molecule has 0 rings (SSSR count). The van der Waals surface area contributed by atoms with Crippen LogP contribution in [0.2, 0.25) is 0 Å². The van der Waals surface area contributed by atoms with Crippen LogP contribution in [0.3, 0.4) is 0 Å². The predicted molar refractivity (Wildman–Crippen MR) is 77.4 cm³/mol. The van der Waals surface area contributed by atoms with E-state index in [2.05, 4.69) is 55.4 Å². The molecule has 17 heavy (non-hydrogen) atoms. The summed E-state index contributed by atoms with van der Waals surface area (Å²) < 4.78 is 6.45. The lowest BCUT2D eigenvalue weighted by Gasteiger charge is -2.43. The van der Waals surface area contributed by atoms with Crippen LogP contribution in [-0.4, -0.2) is 11.2 Å². The fourth-order valence-electron chi connectivity index (χ4n) is 2.44. The van der Waals surface area contributed by atoms with Crippen molar-refractivity contribution in [2.45, 2.75) is 92.3 Å². The second-order valence-corrected chi connectivity index (χ2v) is 6.69. The highest BCUT2D eigenvalue weighted by atomic mass is 16.5. The van der Waals surface area contributed by atoms with Gasteiger partial charge in [-0.3, -0.25) is 0 Å². The van der Waals surface area contributed by atoms with Gasteiger partial charge in [-0.2, -0.15) is 0 Å². The molecule has 0 heterocycles. The lowest BCUT2D eigenvalue weighted by atomic mass is 9.84. The molecule has 0 spiro atoms. The minimum Gasteiger partial charge on any atom is -0.369 e. The van der Waals surface area contributed by atoms with E-state index < -0.39 is 0 Å². The summed E-state index contributed by atoms with van der Waals surface area (Å²) in [6, 6.07) is 0. The van der Waals surface area contributed by atoms with E-state index in [1.807, 2.05) is 0 Å². The van der Waals surface area contributed by atoms with Crippen LogP contribution in [0, 0.1) is 11.8 Å². The summed E-state index contributed by atoms with van der Waals surface area (Å²) in [5.41, 5.74) is -0.0526. The fourth-order valence-corrected chi connectivity index (χ4v) is 2.44. The van der Waals surface area contributed by atoms with E-state index in [4.69, 9.17) is 4.74 Å². The Morgan fingerprint density at radius 2 is 1.06 bits per heavy atom. The molecule has 1 heteroatoms. The van der Waals surface area contributed by atoms with Crippen molar-refractivity contribution in [3.8, 4) is 0 Å². The van der Waals surface area contributed by atoms with E-state index in [1.165, 1.54) is 25.7 Å². The molecule has 0 aromatic rings. The van der Waals surface area contributed by atoms with E-state index in [1.54, 1.807) is 0 Å². The lowest BCUT2D eigenvalue weighted by molar-refractivity contribution is -0.169. The van der Waals surface area contributed by atoms with Crippen LogP contribution in [0.1, 0.15) is 81.1 Å². The highest BCUT2D eigenvalue weighted by Gasteiger charge is 2.36. The van der Waals surface area contributed by atoms with Gasteiger partial charge in [0.1, 0.15) is 0 Å². The molecule has 0 radical (unpaired) electrons. The predicted octanol–water partition coefficient (Wildman–Crippen LogP) is 5.43. The van der Waals surface area contributed by atoms with Gasteiger partial charge in [0.05, 0.1) is 11.2 Å². The number of hydrogen-bond acceptors (Lipinski definition) is 1. The molecule has 0 fully saturated rings. The highest BCUT2D eigenvalue weighted by Crippen LogP contribution is 2.34. The first-order valence-electron chi connectivity index (χ1n) is 7.37. The summed E-state index contributed by atoms with van der Waals surface area (Å²) in [4.78, 5) is 0. The largest absolute Gasteiger partial charge is 0.369 e. The Labute approximate surface area is 109 Å². The van der Waals surface area contributed by atoms with Crippen LogP contribution in [0.4, 0.5) is 0 Å². The second-order valence-electron chi connectivity index (χ2n) is 6.69. The fraction of sp³-hybridized carbons (Fsp3) is 1.00. The van der Waals surface area contributed by atoms with Crippen LogP contribution in [0.25, 0.3) is 0 Å². The first kappa shape index (κ1) is 17.0. The Bertz CT molecular complexity index is 184. The second kappa shape index (κ2) is 6.78. The van der Waals surface area contributed by atoms with Gasteiger partial charge in [-0.15, -0.1) is 0 Å². The van der Waals surface area contributed by atoms with Crippen LogP contribution in [0.15, 0.2) is 0 Å². The molecule has 0 saturated heterocycles. The molecule has 104 valence electrons. The average Bonchev–Trinajstić information content (AvgIpc) is 2.16. The molecule has 0 aromatic carbocycles. The summed E-state index contributed by atoms with van der Waals surface area (Å²) in [6.07, 6.45) is 4.95. The van der Waals surface area contributed by atoms with E-state index in [9.17, 15) is 0 Å². The first-order valence-corrected chi connectivity index (χ1v) is 7.37. The zero-order chi connectivity index (χ0) is 13.7. The van der Waals surface area contributed by atoms with Gasteiger partial charge in [-0.05, 0) is 52.4 Å². The number of ether oxygens (including phenoxy) is 1. The van der Waals surface area contributed by atoms with Crippen molar-refractivity contribution in [1.82, 2.24) is 0 Å². The van der Waals surface area contributed by atoms with Gasteiger partial charge in [0.25, 0.3) is 0 Å². The maximum atomic E-state index is 6.45. The third kappa shape index (κ3) is 5.42. The quantitative estimate of drug-likeness (QED) is 0.551. The Balaban J connectivity index is 4.56. The van der Waals surface area contributed by atoms with Crippen molar-refractivity contribution in [3.05, 3.63) is 0 Å². The molecule has 1 nitrogen and oxygen atoms in total. The van der Waals surface area contributed by atoms with Gasteiger partial charge in [-0.1, -0.05) is 40.5 Å². The van der Waals surface area contributed by atoms with E-state index >= 15 is 0 Å². The first-order chi connectivity index (χ1) is 7.67. The molecule has 0 aromatic heterocycles. The normalized spacial score (nSPS) is 16.9. The minimum atomic E-state index is -0.0263. The maximum absolute atomic E-state index is 6.45. The summed E-state index contributed by atoms with van der Waals surface area (Å²) in [5, 5.41) is 0. The van der Waals surface area contributed by atoms with Gasteiger partial charge >= 0.3 is 0 Å². The molecule has 2 atom stereocenters. The maximum Gasteiger partial charge on any atom is 0.0659 e. The van der Waals surface area contributed by atoms with Crippen molar-refractivity contribution in [2.75, 3.05) is 0 Å². The zero-order valence-electron chi connectivity index (χ0n) is 13.4. The summed E-state index contributed by atoms with van der Waals surface area (Å²) >= 11 is 0. The van der Waals surface area contributed by atoms with E-state index in [-0.39, 0.29) is 11.2 Å². The molecule has 0 aliphatic heterocycles. The van der Waals surface area contributed by atoms with Gasteiger partial charge in [0.2, 0.25) is 0 Å². The zero-order valence-corrected chi connectivity index (χ0v) is 13.4. The SMILES string of the molecule is CCCC(C)C(C)(C)OC(C)(C)C(C)CCC. The smallest absolute Gasteiger partial charge is 0.0659 e. The summed E-state index contributed by atoms with van der Waals surface area (Å²) in [7, 11) is 0. The Hall–Kier alpha value is -0.0400. The highest BCUT2D eigenvalue weighted by molar-refractivity contribution is 4.84. The molecular weight excluding hydrogens is 208 g/mol. The Morgan fingerprint density at radius 1 is 0.765 bits per heavy atom. The molecule has 0 N–H and O–H groups in total. The van der Waals surface area contributed by atoms with Crippen LogP contribution in [0.5, 0.6) is 0 Å². The third-order valence-corrected chi connectivity index (χ3v) is 4.34. The van der Waals surface area contributed by atoms with Crippen LogP contribution < -0.4 is 0 Å². The van der Waals surface area contributed by atoms with Gasteiger partial charge in [0, 0.05) is 0 Å². The Morgan fingerprint density at radius 3 is 1.29 bits per heavy atom. The molecule has 0 aliphatic rings. The van der Waals surface area contributed by atoms with Crippen molar-refractivity contribution >= 4 is 0 Å². The van der Waals surface area contributed by atoms with Gasteiger partial charge in [0.15, 0.2) is 0 Å². The van der Waals surface area contributed by atoms with E-state index in [0.717, 1.165) is 0 Å². The van der Waals surface area contributed by atoms with Crippen LogP contribution >= 0.6 is 0 Å². The topological polar surface area (TPSA) is 9.23 Å². The van der Waals surface area contributed by atoms with E-state index in [0.29, 0.717) is 11.8 Å². The molecule has 0 saturated carbocycles. The van der Waals surface area contributed by atoms with Crippen molar-refractivity contribution < 1.29 is 4.74 Å². The average molecular weight is 242 g/mol. The van der Waals surface area contributed by atoms with Gasteiger partial charge < -0.3 is 4.74 Å². The Kier molecular flexibility index (Phi) is 6.76. The number of rotatable bonds is 8. The summed E-state index contributed by atoms with van der Waals surface area (Å²) in [6.45, 7) is 18.1.